The summed E-state index contributed by atoms with van der Waals surface area (Å²) in [5.74, 6) is 0.762. The molecule has 0 amide bonds. The average molecular weight is 341 g/mol. The predicted octanol–water partition coefficient (Wildman–Crippen LogP) is 1.04. The van der Waals surface area contributed by atoms with Crippen molar-refractivity contribution in [1.82, 2.24) is 30.7 Å². The number of nitrogens with zero attached hydrogens (tertiary/aromatic N) is 5. The monoisotopic (exact) mass is 341 g/mol. The lowest BCUT2D eigenvalue weighted by Crippen LogP contribution is -2.54. The third kappa shape index (κ3) is 3.96. The molecule has 0 radical (unpaired) electrons. The number of hydrazine groups is 1. The largest absolute Gasteiger partial charge is 0.344 e. The molecule has 1 fully saturated rings. The Labute approximate surface area is 146 Å². The van der Waals surface area contributed by atoms with E-state index in [1.165, 1.54) is 0 Å². The summed E-state index contributed by atoms with van der Waals surface area (Å²) >= 11 is 5.44. The van der Waals surface area contributed by atoms with Gasteiger partial charge in [0.25, 0.3) is 0 Å². The van der Waals surface area contributed by atoms with E-state index in [0.717, 1.165) is 37.8 Å². The highest BCUT2D eigenvalue weighted by Gasteiger charge is 2.20. The number of hydrogen-bond donors (Lipinski definition) is 2. The minimum Gasteiger partial charge on any atom is -0.344 e. The van der Waals surface area contributed by atoms with E-state index in [1.54, 1.807) is 18.6 Å². The lowest BCUT2D eigenvalue weighted by atomic mass is 10.3. The van der Waals surface area contributed by atoms with Crippen molar-refractivity contribution in [3.05, 3.63) is 55.1 Å². The van der Waals surface area contributed by atoms with Gasteiger partial charge >= 0.3 is 0 Å². The molecular weight excluding hydrogens is 322 g/mol. The third-order valence-electron chi connectivity index (χ3n) is 3.70. The van der Waals surface area contributed by atoms with Gasteiger partial charge in [0, 0.05) is 44.8 Å². The summed E-state index contributed by atoms with van der Waals surface area (Å²) in [6.45, 7) is 7.22. The van der Waals surface area contributed by atoms with Gasteiger partial charge in [-0.15, -0.1) is 0 Å². The second kappa shape index (κ2) is 7.69. The molecule has 1 aliphatic heterocycles. The molecule has 0 bridgehead atoms. The van der Waals surface area contributed by atoms with E-state index in [0.29, 0.717) is 10.8 Å². The molecule has 8 heteroatoms. The maximum Gasteiger partial charge on any atom is 0.225 e. The molecule has 2 N–H and O–H groups in total. The number of nitrogens with one attached hydrogen (secondary N) is 2. The van der Waals surface area contributed by atoms with E-state index in [2.05, 4.69) is 42.2 Å². The van der Waals surface area contributed by atoms with Crippen molar-refractivity contribution in [1.29, 1.82) is 0 Å². The van der Waals surface area contributed by atoms with Crippen LogP contribution in [-0.2, 0) is 0 Å². The molecule has 124 valence electrons. The first-order valence-electron chi connectivity index (χ1n) is 7.67. The lowest BCUT2D eigenvalue weighted by Gasteiger charge is -2.36. The lowest BCUT2D eigenvalue weighted by molar-refractivity contribution is 0.375. The van der Waals surface area contributed by atoms with Gasteiger partial charge in [-0.05, 0) is 30.4 Å². The van der Waals surface area contributed by atoms with Crippen LogP contribution in [0.1, 0.15) is 5.69 Å². The Kier molecular flexibility index (Phi) is 5.17. The van der Waals surface area contributed by atoms with E-state index < -0.39 is 0 Å². The normalized spacial score (nSPS) is 14.2. The van der Waals surface area contributed by atoms with Gasteiger partial charge in [-0.3, -0.25) is 15.8 Å². The summed E-state index contributed by atoms with van der Waals surface area (Å²) < 4.78 is 0. The van der Waals surface area contributed by atoms with Crippen LogP contribution >= 0.6 is 12.2 Å². The van der Waals surface area contributed by atoms with Crippen LogP contribution in [0, 0.1) is 0 Å². The molecule has 0 atom stereocenters. The van der Waals surface area contributed by atoms with Crippen LogP contribution in [0.25, 0.3) is 5.70 Å². The number of anilines is 1. The Morgan fingerprint density at radius 3 is 2.33 bits per heavy atom. The maximum atomic E-state index is 5.44. The van der Waals surface area contributed by atoms with Crippen LogP contribution in [0.15, 0.2) is 49.4 Å². The van der Waals surface area contributed by atoms with Crippen molar-refractivity contribution in [2.75, 3.05) is 31.1 Å². The summed E-state index contributed by atoms with van der Waals surface area (Å²) in [7, 11) is 0. The highest BCUT2D eigenvalue weighted by molar-refractivity contribution is 7.80. The number of rotatable bonds is 4. The summed E-state index contributed by atoms with van der Waals surface area (Å²) in [5.41, 5.74) is 7.49. The standard InChI is InChI=1S/C16H19N7S/c1-13(14-5-2-3-6-17-14)20-21-16(24)23-11-9-22(10-12-23)15-18-7-4-8-19-15/h2-8,20H,1,9-12H2,(H,21,24). The predicted molar refractivity (Wildman–Crippen MR) is 98.0 cm³/mol. The van der Waals surface area contributed by atoms with E-state index >= 15 is 0 Å². The SMILES string of the molecule is C=C(NNC(=S)N1CCN(c2ncccn2)CC1)c1ccccn1. The van der Waals surface area contributed by atoms with Crippen molar-refractivity contribution in [2.24, 2.45) is 0 Å². The first kappa shape index (κ1) is 16.1. The molecule has 3 heterocycles. The zero-order valence-corrected chi connectivity index (χ0v) is 14.0. The van der Waals surface area contributed by atoms with Crippen molar-refractivity contribution in [3.63, 3.8) is 0 Å². The van der Waals surface area contributed by atoms with Crippen LogP contribution in [-0.4, -0.2) is 51.1 Å². The van der Waals surface area contributed by atoms with Gasteiger partial charge in [0.05, 0.1) is 11.4 Å². The van der Waals surface area contributed by atoms with Crippen LogP contribution in [0.4, 0.5) is 5.95 Å². The van der Waals surface area contributed by atoms with Gasteiger partial charge in [-0.2, -0.15) is 0 Å². The first-order valence-corrected chi connectivity index (χ1v) is 8.08. The molecule has 1 aliphatic rings. The molecule has 1 saturated heterocycles. The molecule has 3 rings (SSSR count). The number of thiocarbonyl (C=S) groups is 1. The Hall–Kier alpha value is -2.74. The zero-order chi connectivity index (χ0) is 16.8. The van der Waals surface area contributed by atoms with Gasteiger partial charge in [0.15, 0.2) is 5.11 Å². The fraction of sp³-hybridized carbons (Fsp3) is 0.250. The van der Waals surface area contributed by atoms with Gasteiger partial charge in [0.1, 0.15) is 0 Å². The van der Waals surface area contributed by atoms with E-state index in [1.807, 2.05) is 24.3 Å². The molecule has 0 spiro atoms. The quantitative estimate of drug-likeness (QED) is 0.632. The fourth-order valence-electron chi connectivity index (χ4n) is 2.38. The summed E-state index contributed by atoms with van der Waals surface area (Å²) in [6.07, 6.45) is 5.24. The van der Waals surface area contributed by atoms with Gasteiger partial charge < -0.3 is 9.80 Å². The second-order valence-corrected chi connectivity index (χ2v) is 5.66. The molecule has 2 aromatic rings. The van der Waals surface area contributed by atoms with E-state index in [-0.39, 0.29) is 0 Å². The Bertz CT molecular complexity index is 684. The summed E-state index contributed by atoms with van der Waals surface area (Å²) in [6, 6.07) is 7.49. The Morgan fingerprint density at radius 2 is 1.67 bits per heavy atom. The smallest absolute Gasteiger partial charge is 0.225 e. The third-order valence-corrected chi connectivity index (χ3v) is 4.06. The van der Waals surface area contributed by atoms with Crippen molar-refractivity contribution in [3.8, 4) is 0 Å². The molecular formula is C16H19N7S. The van der Waals surface area contributed by atoms with Crippen molar-refractivity contribution < 1.29 is 0 Å². The number of pyridine rings is 1. The van der Waals surface area contributed by atoms with Gasteiger partial charge in [-0.1, -0.05) is 12.6 Å². The van der Waals surface area contributed by atoms with Crippen molar-refractivity contribution >= 4 is 29.0 Å². The average Bonchev–Trinajstić information content (AvgIpc) is 2.67. The van der Waals surface area contributed by atoms with E-state index in [9.17, 15) is 0 Å². The summed E-state index contributed by atoms with van der Waals surface area (Å²) in [4.78, 5) is 17.1. The van der Waals surface area contributed by atoms with E-state index in [4.69, 9.17) is 12.2 Å². The minimum atomic E-state index is 0.640. The molecule has 0 aliphatic carbocycles. The van der Waals surface area contributed by atoms with Crippen LogP contribution < -0.4 is 15.8 Å². The van der Waals surface area contributed by atoms with Crippen LogP contribution in [0.3, 0.4) is 0 Å². The Morgan fingerprint density at radius 1 is 0.958 bits per heavy atom. The molecule has 7 nitrogen and oxygen atoms in total. The van der Waals surface area contributed by atoms with Crippen LogP contribution in [0.5, 0.6) is 0 Å². The molecule has 0 aromatic carbocycles. The number of aromatic nitrogens is 3. The number of hydrogen-bond acceptors (Lipinski definition) is 6. The fourth-order valence-corrected chi connectivity index (χ4v) is 2.61. The van der Waals surface area contributed by atoms with Gasteiger partial charge in [0.2, 0.25) is 5.95 Å². The topological polar surface area (TPSA) is 69.2 Å². The van der Waals surface area contributed by atoms with Crippen LogP contribution in [0.2, 0.25) is 0 Å². The highest BCUT2D eigenvalue weighted by atomic mass is 32.1. The minimum absolute atomic E-state index is 0.640. The van der Waals surface area contributed by atoms with Gasteiger partial charge in [-0.25, -0.2) is 9.97 Å². The summed E-state index contributed by atoms with van der Waals surface area (Å²) in [5, 5.41) is 0.640. The van der Waals surface area contributed by atoms with Crippen molar-refractivity contribution in [2.45, 2.75) is 0 Å². The molecule has 2 aromatic heterocycles. The highest BCUT2D eigenvalue weighted by Crippen LogP contribution is 2.10. The molecule has 0 saturated carbocycles. The Balaban J connectivity index is 1.46. The zero-order valence-electron chi connectivity index (χ0n) is 13.2. The molecule has 0 unspecified atom stereocenters. The number of piperazine rings is 1. The second-order valence-electron chi connectivity index (χ2n) is 5.27. The maximum absolute atomic E-state index is 5.44. The molecule has 24 heavy (non-hydrogen) atoms. The first-order chi connectivity index (χ1) is 11.7.